The molecule has 0 amide bonds. The standard InChI is InChI=1S/C11H16O2/c1-11(2,10(12)13-3)8-9-6-4-5-7-9/h4-6H,7-8H2,1-3H3. The summed E-state index contributed by atoms with van der Waals surface area (Å²) in [5.74, 6) is -0.139. The quantitative estimate of drug-likeness (QED) is 0.624. The molecule has 13 heavy (non-hydrogen) atoms. The van der Waals surface area contributed by atoms with E-state index in [-0.39, 0.29) is 5.97 Å². The Balaban J connectivity index is 2.56. The van der Waals surface area contributed by atoms with E-state index in [0.717, 1.165) is 12.8 Å². The van der Waals surface area contributed by atoms with Crippen molar-refractivity contribution in [1.82, 2.24) is 0 Å². The van der Waals surface area contributed by atoms with Gasteiger partial charge in [-0.2, -0.15) is 0 Å². The first-order valence-electron chi connectivity index (χ1n) is 4.49. The fourth-order valence-electron chi connectivity index (χ4n) is 1.54. The molecule has 0 spiro atoms. The molecular formula is C11H16O2. The fraction of sp³-hybridized carbons (Fsp3) is 0.545. The Hall–Kier alpha value is -1.05. The molecule has 0 heterocycles. The van der Waals surface area contributed by atoms with Crippen LogP contribution in [-0.2, 0) is 9.53 Å². The second kappa shape index (κ2) is 3.77. The van der Waals surface area contributed by atoms with Crippen LogP contribution in [0, 0.1) is 5.41 Å². The summed E-state index contributed by atoms with van der Waals surface area (Å²) in [6.07, 6.45) is 7.96. The van der Waals surface area contributed by atoms with Crippen molar-refractivity contribution < 1.29 is 9.53 Å². The van der Waals surface area contributed by atoms with Crippen LogP contribution in [-0.4, -0.2) is 13.1 Å². The third-order valence-corrected chi connectivity index (χ3v) is 2.26. The van der Waals surface area contributed by atoms with Gasteiger partial charge in [0.2, 0.25) is 0 Å². The Morgan fingerprint density at radius 3 is 2.77 bits per heavy atom. The molecule has 0 saturated heterocycles. The summed E-state index contributed by atoms with van der Waals surface area (Å²) < 4.78 is 4.74. The highest BCUT2D eigenvalue weighted by Crippen LogP contribution is 2.29. The van der Waals surface area contributed by atoms with Crippen LogP contribution in [0.1, 0.15) is 26.7 Å². The van der Waals surface area contributed by atoms with Crippen LogP contribution in [0.4, 0.5) is 0 Å². The van der Waals surface area contributed by atoms with Gasteiger partial charge in [-0.1, -0.05) is 23.8 Å². The minimum absolute atomic E-state index is 0.139. The monoisotopic (exact) mass is 180 g/mol. The summed E-state index contributed by atoms with van der Waals surface area (Å²) in [7, 11) is 1.44. The number of rotatable bonds is 3. The predicted molar refractivity (Wildman–Crippen MR) is 52.3 cm³/mol. The Morgan fingerprint density at radius 2 is 2.31 bits per heavy atom. The average Bonchev–Trinajstić information content (AvgIpc) is 2.54. The van der Waals surface area contributed by atoms with Gasteiger partial charge in [0.05, 0.1) is 12.5 Å². The third kappa shape index (κ3) is 2.44. The van der Waals surface area contributed by atoms with Gasteiger partial charge in [-0.05, 0) is 26.7 Å². The number of esters is 1. The zero-order chi connectivity index (χ0) is 9.90. The molecule has 1 rings (SSSR count). The number of allylic oxidation sites excluding steroid dienone is 4. The number of methoxy groups -OCH3 is 1. The number of hydrogen-bond acceptors (Lipinski definition) is 2. The number of carbonyl (C=O) groups is 1. The Labute approximate surface area is 79.3 Å². The lowest BCUT2D eigenvalue weighted by molar-refractivity contribution is -0.150. The Morgan fingerprint density at radius 1 is 1.62 bits per heavy atom. The molecule has 0 aliphatic heterocycles. The van der Waals surface area contributed by atoms with E-state index < -0.39 is 5.41 Å². The highest BCUT2D eigenvalue weighted by molar-refractivity contribution is 5.76. The van der Waals surface area contributed by atoms with Gasteiger partial charge >= 0.3 is 5.97 Å². The molecule has 72 valence electrons. The van der Waals surface area contributed by atoms with Crippen LogP contribution >= 0.6 is 0 Å². The summed E-state index contributed by atoms with van der Waals surface area (Å²) in [6.45, 7) is 3.83. The zero-order valence-electron chi connectivity index (χ0n) is 8.46. The van der Waals surface area contributed by atoms with Crippen LogP contribution in [0.5, 0.6) is 0 Å². The summed E-state index contributed by atoms with van der Waals surface area (Å²) in [5.41, 5.74) is 0.905. The van der Waals surface area contributed by atoms with Crippen molar-refractivity contribution in [1.29, 1.82) is 0 Å². The van der Waals surface area contributed by atoms with E-state index in [2.05, 4.69) is 12.2 Å². The molecule has 0 saturated carbocycles. The number of hydrogen-bond donors (Lipinski definition) is 0. The SMILES string of the molecule is COC(=O)C(C)(C)CC1=CC=CC1. The first kappa shape index (κ1) is 10.0. The van der Waals surface area contributed by atoms with Crippen LogP contribution < -0.4 is 0 Å². The molecule has 0 atom stereocenters. The first-order valence-corrected chi connectivity index (χ1v) is 4.49. The van der Waals surface area contributed by atoms with Crippen molar-refractivity contribution in [3.8, 4) is 0 Å². The molecule has 1 aliphatic rings. The summed E-state index contributed by atoms with van der Waals surface area (Å²) in [5, 5.41) is 0. The van der Waals surface area contributed by atoms with Crippen molar-refractivity contribution in [2.75, 3.05) is 7.11 Å². The molecule has 0 unspecified atom stereocenters. The van der Waals surface area contributed by atoms with Crippen molar-refractivity contribution in [2.45, 2.75) is 26.7 Å². The van der Waals surface area contributed by atoms with Crippen LogP contribution in [0.25, 0.3) is 0 Å². The topological polar surface area (TPSA) is 26.3 Å². The Bertz CT molecular complexity index is 259. The highest BCUT2D eigenvalue weighted by atomic mass is 16.5. The maximum absolute atomic E-state index is 11.4. The van der Waals surface area contributed by atoms with E-state index >= 15 is 0 Å². The van der Waals surface area contributed by atoms with Crippen molar-refractivity contribution in [3.05, 3.63) is 23.8 Å². The van der Waals surface area contributed by atoms with E-state index in [1.54, 1.807) is 0 Å². The van der Waals surface area contributed by atoms with Crippen LogP contribution in [0.15, 0.2) is 23.8 Å². The van der Waals surface area contributed by atoms with E-state index in [1.165, 1.54) is 12.7 Å². The fourth-order valence-corrected chi connectivity index (χ4v) is 1.54. The van der Waals surface area contributed by atoms with Gasteiger partial charge in [-0.3, -0.25) is 4.79 Å². The number of ether oxygens (including phenoxy) is 1. The lowest BCUT2D eigenvalue weighted by atomic mass is 9.85. The molecule has 0 aromatic carbocycles. The van der Waals surface area contributed by atoms with Crippen molar-refractivity contribution in [2.24, 2.45) is 5.41 Å². The van der Waals surface area contributed by atoms with Gasteiger partial charge in [0, 0.05) is 0 Å². The van der Waals surface area contributed by atoms with Crippen LogP contribution in [0.3, 0.4) is 0 Å². The molecule has 0 radical (unpaired) electrons. The predicted octanol–water partition coefficient (Wildman–Crippen LogP) is 2.46. The largest absolute Gasteiger partial charge is 0.469 e. The molecule has 0 aromatic rings. The minimum atomic E-state index is -0.396. The highest BCUT2D eigenvalue weighted by Gasteiger charge is 2.29. The maximum atomic E-state index is 11.4. The summed E-state index contributed by atoms with van der Waals surface area (Å²) >= 11 is 0. The molecule has 0 fully saturated rings. The molecule has 2 heteroatoms. The van der Waals surface area contributed by atoms with Gasteiger partial charge in [0.25, 0.3) is 0 Å². The lowest BCUT2D eigenvalue weighted by Gasteiger charge is -2.21. The van der Waals surface area contributed by atoms with Gasteiger partial charge in [0.1, 0.15) is 0 Å². The average molecular weight is 180 g/mol. The first-order chi connectivity index (χ1) is 6.06. The molecule has 0 aromatic heterocycles. The normalized spacial score (nSPS) is 15.8. The minimum Gasteiger partial charge on any atom is -0.469 e. The second-order valence-electron chi connectivity index (χ2n) is 4.01. The summed E-state index contributed by atoms with van der Waals surface area (Å²) in [4.78, 5) is 11.4. The van der Waals surface area contributed by atoms with E-state index in [1.807, 2.05) is 19.9 Å². The molecular weight excluding hydrogens is 164 g/mol. The molecule has 2 nitrogen and oxygen atoms in total. The van der Waals surface area contributed by atoms with Crippen molar-refractivity contribution >= 4 is 5.97 Å². The van der Waals surface area contributed by atoms with Crippen LogP contribution in [0.2, 0.25) is 0 Å². The Kier molecular flexibility index (Phi) is 2.91. The molecule has 1 aliphatic carbocycles. The van der Waals surface area contributed by atoms with Gasteiger partial charge in [-0.25, -0.2) is 0 Å². The molecule has 0 bridgehead atoms. The number of carbonyl (C=O) groups excluding carboxylic acids is 1. The second-order valence-corrected chi connectivity index (χ2v) is 4.01. The van der Waals surface area contributed by atoms with E-state index in [4.69, 9.17) is 4.74 Å². The van der Waals surface area contributed by atoms with Gasteiger partial charge in [0.15, 0.2) is 0 Å². The molecule has 0 N–H and O–H groups in total. The maximum Gasteiger partial charge on any atom is 0.311 e. The summed E-state index contributed by atoms with van der Waals surface area (Å²) in [6, 6.07) is 0. The van der Waals surface area contributed by atoms with Gasteiger partial charge in [-0.15, -0.1) is 0 Å². The zero-order valence-corrected chi connectivity index (χ0v) is 8.46. The smallest absolute Gasteiger partial charge is 0.311 e. The van der Waals surface area contributed by atoms with Crippen molar-refractivity contribution in [3.63, 3.8) is 0 Å². The van der Waals surface area contributed by atoms with E-state index in [0.29, 0.717) is 0 Å². The lowest BCUT2D eigenvalue weighted by Crippen LogP contribution is -2.25. The third-order valence-electron chi connectivity index (χ3n) is 2.26. The van der Waals surface area contributed by atoms with E-state index in [9.17, 15) is 4.79 Å². The van der Waals surface area contributed by atoms with Gasteiger partial charge < -0.3 is 4.74 Å².